The quantitative estimate of drug-likeness (QED) is 0.735. The summed E-state index contributed by atoms with van der Waals surface area (Å²) in [7, 11) is 0. The summed E-state index contributed by atoms with van der Waals surface area (Å²) in [4.78, 5) is 14.3. The topological polar surface area (TPSA) is 32.3 Å². The van der Waals surface area contributed by atoms with Gasteiger partial charge in [-0.1, -0.05) is 29.8 Å². The molecular formula is C19H19F3N2OS. The normalized spacial score (nSPS) is 17.4. The van der Waals surface area contributed by atoms with Gasteiger partial charge in [0.1, 0.15) is 5.37 Å². The summed E-state index contributed by atoms with van der Waals surface area (Å²) >= 11 is 1.55. The Morgan fingerprint density at radius 2 is 1.85 bits per heavy atom. The predicted octanol–water partition coefficient (Wildman–Crippen LogP) is 5.60. The molecule has 138 valence electrons. The molecule has 3 nitrogen and oxygen atoms in total. The van der Waals surface area contributed by atoms with Crippen LogP contribution in [-0.2, 0) is 6.18 Å². The van der Waals surface area contributed by atoms with Crippen LogP contribution < -0.4 is 5.32 Å². The van der Waals surface area contributed by atoms with Crippen LogP contribution in [0, 0.1) is 13.8 Å². The molecule has 2 amide bonds. The summed E-state index contributed by atoms with van der Waals surface area (Å²) in [5.41, 5.74) is 2.83. The molecular weight excluding hydrogens is 361 g/mol. The highest BCUT2D eigenvalue weighted by Gasteiger charge is 2.33. The molecule has 1 heterocycles. The maximum absolute atomic E-state index is 12.7. The van der Waals surface area contributed by atoms with Crippen LogP contribution in [0.3, 0.4) is 0 Å². The number of halogens is 3. The van der Waals surface area contributed by atoms with Gasteiger partial charge in [-0.3, -0.25) is 0 Å². The number of hydrogen-bond acceptors (Lipinski definition) is 2. The van der Waals surface area contributed by atoms with Crippen LogP contribution in [0.5, 0.6) is 0 Å². The second-order valence-corrected chi connectivity index (χ2v) is 7.47. The molecule has 1 fully saturated rings. The highest BCUT2D eigenvalue weighted by atomic mass is 32.2. The number of benzene rings is 2. The minimum atomic E-state index is -4.36. The van der Waals surface area contributed by atoms with E-state index in [9.17, 15) is 18.0 Å². The number of urea groups is 1. The van der Waals surface area contributed by atoms with Crippen LogP contribution in [0.4, 0.5) is 23.7 Å². The van der Waals surface area contributed by atoms with Crippen LogP contribution in [0.2, 0.25) is 0 Å². The summed E-state index contributed by atoms with van der Waals surface area (Å²) in [6, 6.07) is 10.6. The monoisotopic (exact) mass is 380 g/mol. The van der Waals surface area contributed by atoms with Gasteiger partial charge in [-0.05, 0) is 43.2 Å². The molecule has 0 unspecified atom stereocenters. The Bertz CT molecular complexity index is 805. The molecule has 0 aromatic heterocycles. The van der Waals surface area contributed by atoms with E-state index in [-0.39, 0.29) is 11.4 Å². The van der Waals surface area contributed by atoms with Gasteiger partial charge in [0.2, 0.25) is 0 Å². The van der Waals surface area contributed by atoms with E-state index in [0.717, 1.165) is 34.7 Å². The largest absolute Gasteiger partial charge is 0.416 e. The minimum absolute atomic E-state index is 0.244. The van der Waals surface area contributed by atoms with Gasteiger partial charge in [0.05, 0.1) is 5.56 Å². The number of nitrogens with zero attached hydrogens (tertiary/aromatic N) is 1. The van der Waals surface area contributed by atoms with Gasteiger partial charge in [-0.25, -0.2) is 4.79 Å². The number of hydrogen-bond donors (Lipinski definition) is 1. The number of thioether (sulfide) groups is 1. The van der Waals surface area contributed by atoms with Crippen molar-refractivity contribution in [3.8, 4) is 0 Å². The van der Waals surface area contributed by atoms with E-state index < -0.39 is 11.7 Å². The molecule has 3 rings (SSSR count). The number of rotatable bonds is 2. The van der Waals surface area contributed by atoms with E-state index >= 15 is 0 Å². The summed E-state index contributed by atoms with van der Waals surface area (Å²) in [5, 5.41) is 2.62. The smallest absolute Gasteiger partial charge is 0.308 e. The number of alkyl halides is 3. The van der Waals surface area contributed by atoms with E-state index in [1.165, 1.54) is 12.1 Å². The zero-order valence-electron chi connectivity index (χ0n) is 14.4. The van der Waals surface area contributed by atoms with E-state index in [1.54, 1.807) is 16.7 Å². The van der Waals surface area contributed by atoms with Crippen LogP contribution in [-0.4, -0.2) is 23.2 Å². The highest BCUT2D eigenvalue weighted by molar-refractivity contribution is 7.99. The Kier molecular flexibility index (Phi) is 5.18. The lowest BCUT2D eigenvalue weighted by atomic mass is 10.1. The molecule has 0 spiro atoms. The summed E-state index contributed by atoms with van der Waals surface area (Å²) in [6.45, 7) is 4.46. The van der Waals surface area contributed by atoms with Gasteiger partial charge in [0, 0.05) is 18.0 Å². The van der Waals surface area contributed by atoms with Crippen molar-refractivity contribution in [2.75, 3.05) is 17.6 Å². The molecule has 2 aromatic rings. The van der Waals surface area contributed by atoms with Crippen molar-refractivity contribution in [1.29, 1.82) is 0 Å². The Hall–Kier alpha value is -2.15. The van der Waals surface area contributed by atoms with Crippen molar-refractivity contribution >= 4 is 23.5 Å². The average Bonchev–Trinajstić information content (AvgIpc) is 3.06. The third kappa shape index (κ3) is 3.98. The first-order valence-corrected chi connectivity index (χ1v) is 9.24. The predicted molar refractivity (Wildman–Crippen MR) is 98.3 cm³/mol. The van der Waals surface area contributed by atoms with E-state index in [1.807, 2.05) is 32.0 Å². The lowest BCUT2D eigenvalue weighted by Gasteiger charge is -2.25. The second kappa shape index (κ2) is 7.23. The second-order valence-electron chi connectivity index (χ2n) is 6.28. The molecule has 1 atom stereocenters. The molecule has 2 aromatic carbocycles. The number of carbonyl (C=O) groups excluding carboxylic acids is 1. The third-order valence-corrected chi connectivity index (χ3v) is 5.56. The number of nitrogens with one attached hydrogen (secondary N) is 1. The van der Waals surface area contributed by atoms with Gasteiger partial charge in [0.15, 0.2) is 0 Å². The Morgan fingerprint density at radius 1 is 1.15 bits per heavy atom. The van der Waals surface area contributed by atoms with Crippen molar-refractivity contribution in [3.63, 3.8) is 0 Å². The van der Waals surface area contributed by atoms with Crippen LogP contribution >= 0.6 is 11.8 Å². The van der Waals surface area contributed by atoms with E-state index in [4.69, 9.17) is 0 Å². The van der Waals surface area contributed by atoms with Crippen molar-refractivity contribution in [2.45, 2.75) is 25.4 Å². The molecule has 7 heteroatoms. The van der Waals surface area contributed by atoms with Crippen LogP contribution in [0.25, 0.3) is 0 Å². The summed E-state index contributed by atoms with van der Waals surface area (Å²) in [6.07, 6.45) is -4.36. The van der Waals surface area contributed by atoms with Crippen molar-refractivity contribution in [1.82, 2.24) is 4.90 Å². The highest BCUT2D eigenvalue weighted by Crippen LogP contribution is 2.39. The number of aryl methyl sites for hydroxylation is 2. The first-order chi connectivity index (χ1) is 12.3. The fourth-order valence-electron chi connectivity index (χ4n) is 2.93. The van der Waals surface area contributed by atoms with E-state index in [0.29, 0.717) is 12.1 Å². The molecule has 1 aliphatic heterocycles. The van der Waals surface area contributed by atoms with Gasteiger partial charge < -0.3 is 10.2 Å². The molecule has 26 heavy (non-hydrogen) atoms. The summed E-state index contributed by atoms with van der Waals surface area (Å²) < 4.78 is 38.2. The zero-order valence-corrected chi connectivity index (χ0v) is 15.2. The van der Waals surface area contributed by atoms with Crippen LogP contribution in [0.1, 0.15) is 27.6 Å². The lowest BCUT2D eigenvalue weighted by Crippen LogP contribution is -2.34. The van der Waals surface area contributed by atoms with Gasteiger partial charge in [-0.2, -0.15) is 13.2 Å². The number of carbonyl (C=O) groups is 1. The minimum Gasteiger partial charge on any atom is -0.308 e. The van der Waals surface area contributed by atoms with E-state index in [2.05, 4.69) is 5.32 Å². The molecule has 1 aliphatic rings. The molecule has 0 bridgehead atoms. The zero-order chi connectivity index (χ0) is 18.9. The lowest BCUT2D eigenvalue weighted by molar-refractivity contribution is -0.137. The molecule has 0 saturated carbocycles. The SMILES string of the molecule is Cc1ccc(NC(=O)N2CCS[C@@H]2c2ccc(C(F)(F)F)cc2)c(C)c1. The first-order valence-electron chi connectivity index (χ1n) is 8.19. The van der Waals surface area contributed by atoms with Gasteiger partial charge in [0.25, 0.3) is 0 Å². The summed E-state index contributed by atoms with van der Waals surface area (Å²) in [5.74, 6) is 0.742. The van der Waals surface area contributed by atoms with Crippen molar-refractivity contribution < 1.29 is 18.0 Å². The molecule has 0 radical (unpaired) electrons. The Labute approximate surface area is 154 Å². The molecule has 1 N–H and O–H groups in total. The maximum atomic E-state index is 12.7. The van der Waals surface area contributed by atoms with Crippen LogP contribution in [0.15, 0.2) is 42.5 Å². The van der Waals surface area contributed by atoms with Crippen molar-refractivity contribution in [2.24, 2.45) is 0 Å². The third-order valence-electron chi connectivity index (χ3n) is 4.30. The van der Waals surface area contributed by atoms with Crippen molar-refractivity contribution in [3.05, 3.63) is 64.7 Å². The fourth-order valence-corrected chi connectivity index (χ4v) is 4.19. The molecule has 1 saturated heterocycles. The van der Waals surface area contributed by atoms with Gasteiger partial charge >= 0.3 is 12.2 Å². The van der Waals surface area contributed by atoms with Gasteiger partial charge in [-0.15, -0.1) is 11.8 Å². The number of anilines is 1. The Balaban J connectivity index is 1.76. The molecule has 0 aliphatic carbocycles. The standard InChI is InChI=1S/C19H19F3N2OS/c1-12-3-8-16(13(2)11-12)23-18(25)24-9-10-26-17(24)14-4-6-15(7-5-14)19(20,21)22/h3-8,11,17H,9-10H2,1-2H3,(H,23,25)/t17-/m1/s1. The first kappa shape index (κ1) is 18.6. The maximum Gasteiger partial charge on any atom is 0.416 e. The number of amides is 2. The fraction of sp³-hybridized carbons (Fsp3) is 0.316. The average molecular weight is 380 g/mol. The Morgan fingerprint density at radius 3 is 2.46 bits per heavy atom.